The molecule has 0 nitrogen and oxygen atoms in total. The summed E-state index contributed by atoms with van der Waals surface area (Å²) in [5, 5.41) is 0. The second-order valence-electron chi connectivity index (χ2n) is 4.76. The third-order valence-corrected chi connectivity index (χ3v) is 3.39. The number of rotatable bonds is 2. The molecule has 15 heavy (non-hydrogen) atoms. The van der Waals surface area contributed by atoms with E-state index in [1.165, 1.54) is 36.8 Å². The van der Waals surface area contributed by atoms with Crippen molar-refractivity contribution in [2.45, 2.75) is 39.5 Å². The highest BCUT2D eigenvalue weighted by Gasteiger charge is 2.20. The van der Waals surface area contributed by atoms with Crippen LogP contribution in [0.25, 0.3) is 5.57 Å². The molecule has 0 heterocycles. The van der Waals surface area contributed by atoms with E-state index in [9.17, 15) is 0 Å². The van der Waals surface area contributed by atoms with E-state index >= 15 is 0 Å². The average molecular weight is 200 g/mol. The molecule has 0 heteroatoms. The highest BCUT2D eigenvalue weighted by molar-refractivity contribution is 5.69. The minimum atomic E-state index is 0.817. The van der Waals surface area contributed by atoms with Crippen LogP contribution in [0.3, 0.4) is 0 Å². The van der Waals surface area contributed by atoms with Crippen molar-refractivity contribution >= 4 is 5.57 Å². The van der Waals surface area contributed by atoms with Gasteiger partial charge in [0, 0.05) is 0 Å². The van der Waals surface area contributed by atoms with E-state index < -0.39 is 0 Å². The van der Waals surface area contributed by atoms with Gasteiger partial charge < -0.3 is 0 Å². The minimum Gasteiger partial charge on any atom is -0.0724 e. The smallest absolute Gasteiger partial charge is 0.0157 e. The lowest BCUT2D eigenvalue weighted by molar-refractivity contribution is 0.701. The van der Waals surface area contributed by atoms with Crippen molar-refractivity contribution in [1.29, 1.82) is 0 Å². The molecule has 1 aromatic rings. The first-order valence-electron chi connectivity index (χ1n) is 6.02. The zero-order chi connectivity index (χ0) is 10.7. The third-order valence-electron chi connectivity index (χ3n) is 3.39. The Labute approximate surface area is 93.0 Å². The van der Waals surface area contributed by atoms with Gasteiger partial charge in [-0.05, 0) is 43.7 Å². The summed E-state index contributed by atoms with van der Waals surface area (Å²) in [6.45, 7) is 4.50. The summed E-state index contributed by atoms with van der Waals surface area (Å²) in [5.74, 6) is 0.817. The molecule has 0 aliphatic heterocycles. The van der Waals surface area contributed by atoms with E-state index in [2.05, 4.69) is 44.2 Å². The zero-order valence-corrected chi connectivity index (χ0v) is 9.79. The van der Waals surface area contributed by atoms with Gasteiger partial charge in [-0.2, -0.15) is 0 Å². The average Bonchev–Trinajstić information content (AvgIpc) is 2.72. The molecule has 1 saturated carbocycles. The van der Waals surface area contributed by atoms with E-state index in [0.29, 0.717) is 0 Å². The molecule has 0 bridgehead atoms. The molecule has 0 aromatic heterocycles. The van der Waals surface area contributed by atoms with Crippen LogP contribution < -0.4 is 0 Å². The second kappa shape index (κ2) is 4.65. The molecule has 2 rings (SSSR count). The van der Waals surface area contributed by atoms with Crippen molar-refractivity contribution in [3.63, 3.8) is 0 Å². The van der Waals surface area contributed by atoms with Crippen LogP contribution >= 0.6 is 0 Å². The molecule has 0 atom stereocenters. The second-order valence-corrected chi connectivity index (χ2v) is 4.76. The molecule has 0 amide bonds. The fourth-order valence-corrected chi connectivity index (χ4v) is 2.76. The molecule has 1 aliphatic rings. The van der Waals surface area contributed by atoms with Gasteiger partial charge in [-0.1, -0.05) is 48.7 Å². The Kier molecular flexibility index (Phi) is 3.25. The minimum absolute atomic E-state index is 0.817. The first-order chi connectivity index (χ1) is 7.29. The van der Waals surface area contributed by atoms with Crippen LogP contribution in [0.4, 0.5) is 0 Å². The van der Waals surface area contributed by atoms with Crippen molar-refractivity contribution < 1.29 is 0 Å². The Hall–Kier alpha value is -1.04. The van der Waals surface area contributed by atoms with Gasteiger partial charge in [0.2, 0.25) is 0 Å². The molecule has 0 spiro atoms. The fraction of sp³-hybridized carbons (Fsp3) is 0.467. The lowest BCUT2D eigenvalue weighted by atomic mass is 9.88. The fourth-order valence-electron chi connectivity index (χ4n) is 2.76. The van der Waals surface area contributed by atoms with Crippen molar-refractivity contribution in [3.8, 4) is 0 Å². The highest BCUT2D eigenvalue weighted by Crippen LogP contribution is 2.38. The first kappa shape index (κ1) is 10.5. The van der Waals surface area contributed by atoms with E-state index in [1.54, 1.807) is 5.57 Å². The summed E-state index contributed by atoms with van der Waals surface area (Å²) < 4.78 is 0. The largest absolute Gasteiger partial charge is 0.0724 e. The maximum absolute atomic E-state index is 2.25. The predicted octanol–water partition coefficient (Wildman–Crippen LogP) is 4.67. The summed E-state index contributed by atoms with van der Waals surface area (Å²) in [6.07, 6.45) is 5.59. The Morgan fingerprint density at radius 2 is 1.60 bits per heavy atom. The molecule has 80 valence electrons. The van der Waals surface area contributed by atoms with Crippen molar-refractivity contribution in [3.05, 3.63) is 41.5 Å². The quantitative estimate of drug-likeness (QED) is 0.650. The highest BCUT2D eigenvalue weighted by atomic mass is 14.3. The van der Waals surface area contributed by atoms with Crippen LogP contribution in [0, 0.1) is 5.92 Å². The van der Waals surface area contributed by atoms with Gasteiger partial charge in [-0.15, -0.1) is 0 Å². The summed E-state index contributed by atoms with van der Waals surface area (Å²) in [4.78, 5) is 0. The summed E-state index contributed by atoms with van der Waals surface area (Å²) >= 11 is 0. The van der Waals surface area contributed by atoms with Gasteiger partial charge >= 0.3 is 0 Å². The Morgan fingerprint density at radius 1 is 1.00 bits per heavy atom. The third kappa shape index (κ3) is 2.31. The van der Waals surface area contributed by atoms with Crippen molar-refractivity contribution in [2.75, 3.05) is 0 Å². The van der Waals surface area contributed by atoms with Crippen LogP contribution in [0.5, 0.6) is 0 Å². The predicted molar refractivity (Wildman–Crippen MR) is 66.7 cm³/mol. The van der Waals surface area contributed by atoms with E-state index in [1.807, 2.05) is 0 Å². The van der Waals surface area contributed by atoms with Gasteiger partial charge in [-0.3, -0.25) is 0 Å². The molecule has 0 saturated heterocycles. The van der Waals surface area contributed by atoms with Crippen LogP contribution in [0.15, 0.2) is 35.9 Å². The molecule has 0 radical (unpaired) electrons. The van der Waals surface area contributed by atoms with Crippen LogP contribution in [0.1, 0.15) is 45.1 Å². The van der Waals surface area contributed by atoms with Crippen molar-refractivity contribution in [2.24, 2.45) is 5.92 Å². The van der Waals surface area contributed by atoms with E-state index in [-0.39, 0.29) is 0 Å². The van der Waals surface area contributed by atoms with Gasteiger partial charge in [0.25, 0.3) is 0 Å². The Balaban J connectivity index is 2.33. The number of allylic oxidation sites excluding steroid dienone is 2. The standard InChI is InChI=1S/C15H20/c1-12(2)15(14-10-6-7-11-14)13-8-4-3-5-9-13/h3-5,8-9,14H,6-7,10-11H2,1-2H3. The molecule has 1 aliphatic carbocycles. The van der Waals surface area contributed by atoms with Crippen LogP contribution in [0.2, 0.25) is 0 Å². The summed E-state index contributed by atoms with van der Waals surface area (Å²) in [5.41, 5.74) is 4.53. The molecule has 1 aromatic carbocycles. The van der Waals surface area contributed by atoms with Crippen LogP contribution in [-0.4, -0.2) is 0 Å². The Morgan fingerprint density at radius 3 is 2.13 bits per heavy atom. The van der Waals surface area contributed by atoms with Gasteiger partial charge in [0.05, 0.1) is 0 Å². The number of benzene rings is 1. The topological polar surface area (TPSA) is 0 Å². The van der Waals surface area contributed by atoms with Gasteiger partial charge in [0.1, 0.15) is 0 Å². The normalized spacial score (nSPS) is 16.7. The maximum Gasteiger partial charge on any atom is -0.0157 e. The van der Waals surface area contributed by atoms with Gasteiger partial charge in [-0.25, -0.2) is 0 Å². The molecule has 0 unspecified atom stereocenters. The lowest BCUT2D eigenvalue weighted by Gasteiger charge is -2.17. The molecular weight excluding hydrogens is 180 g/mol. The van der Waals surface area contributed by atoms with Crippen LogP contribution in [-0.2, 0) is 0 Å². The first-order valence-corrected chi connectivity index (χ1v) is 6.02. The SMILES string of the molecule is CC(C)=C(c1ccccc1)C1CCCC1. The maximum atomic E-state index is 2.25. The number of hydrogen-bond acceptors (Lipinski definition) is 0. The molecular formula is C15H20. The molecule has 1 fully saturated rings. The molecule has 0 N–H and O–H groups in total. The Bertz CT molecular complexity index is 336. The van der Waals surface area contributed by atoms with E-state index in [0.717, 1.165) is 5.92 Å². The summed E-state index contributed by atoms with van der Waals surface area (Å²) in [7, 11) is 0. The van der Waals surface area contributed by atoms with E-state index in [4.69, 9.17) is 0 Å². The summed E-state index contributed by atoms with van der Waals surface area (Å²) in [6, 6.07) is 10.9. The zero-order valence-electron chi connectivity index (χ0n) is 9.79. The lowest BCUT2D eigenvalue weighted by Crippen LogP contribution is -2.00. The van der Waals surface area contributed by atoms with Crippen molar-refractivity contribution in [1.82, 2.24) is 0 Å². The monoisotopic (exact) mass is 200 g/mol. The van der Waals surface area contributed by atoms with Gasteiger partial charge in [0.15, 0.2) is 0 Å². The number of hydrogen-bond donors (Lipinski definition) is 0.